The number of quaternary nitrogens is 1. The molecular weight excluding hydrogens is 402 g/mol. The molecule has 3 heterocycles. The van der Waals surface area contributed by atoms with Crippen molar-refractivity contribution in [3.05, 3.63) is 59.3 Å². The molecule has 1 aliphatic heterocycles. The van der Waals surface area contributed by atoms with Crippen LogP contribution in [0.15, 0.2) is 47.1 Å². The fourth-order valence-corrected chi connectivity index (χ4v) is 3.66. The van der Waals surface area contributed by atoms with E-state index in [-0.39, 0.29) is 11.7 Å². The van der Waals surface area contributed by atoms with Gasteiger partial charge in [0.05, 0.1) is 18.2 Å². The van der Waals surface area contributed by atoms with Crippen molar-refractivity contribution in [2.24, 2.45) is 0 Å². The number of pyridine rings is 1. The zero-order valence-electron chi connectivity index (χ0n) is 17.2. The number of methoxy groups -OCH3 is 1. The van der Waals surface area contributed by atoms with Gasteiger partial charge in [-0.15, -0.1) is 0 Å². The molecule has 2 aromatic heterocycles. The summed E-state index contributed by atoms with van der Waals surface area (Å²) in [6.07, 6.45) is 3.59. The Balaban J connectivity index is 1.48. The summed E-state index contributed by atoms with van der Waals surface area (Å²) >= 11 is 0. The number of rotatable bonds is 9. The van der Waals surface area contributed by atoms with Gasteiger partial charge in [-0.3, -0.25) is 4.90 Å². The molecule has 1 aliphatic rings. The molecule has 2 N–H and O–H groups in total. The SMILES string of the molecule is COCCOc1ncccc1-c1noc([C@H]2CCCN2Cc2ccc([NH+]([O-])O)cc2)n1. The number of hydrogen-bond donors (Lipinski definition) is 2. The Morgan fingerprint density at radius 2 is 2.10 bits per heavy atom. The van der Waals surface area contributed by atoms with Gasteiger partial charge in [-0.1, -0.05) is 17.3 Å². The smallest absolute Gasteiger partial charge is 0.244 e. The number of hydrogen-bond acceptors (Lipinski definition) is 9. The van der Waals surface area contributed by atoms with Gasteiger partial charge in [-0.25, -0.2) is 10.2 Å². The van der Waals surface area contributed by atoms with Crippen molar-refractivity contribution in [1.82, 2.24) is 20.0 Å². The lowest BCUT2D eigenvalue weighted by molar-refractivity contribution is -0.991. The first-order valence-corrected chi connectivity index (χ1v) is 10.1. The van der Waals surface area contributed by atoms with Gasteiger partial charge >= 0.3 is 0 Å². The Morgan fingerprint density at radius 3 is 2.87 bits per heavy atom. The molecule has 0 aliphatic carbocycles. The number of aromatic nitrogens is 3. The standard InChI is InChI=1S/C21H25N5O5/c1-29-12-13-30-20-17(4-2-10-22-20)19-23-21(31-24-19)18-5-3-11-25(18)14-15-6-8-16(9-7-15)26(27)28/h2,4,6-10,18,26-27H,3,5,11-14H2,1H3/t18-/m1/s1. The predicted octanol–water partition coefficient (Wildman–Crippen LogP) is 1.90. The quantitative estimate of drug-likeness (QED) is 0.389. The van der Waals surface area contributed by atoms with Crippen molar-refractivity contribution in [2.75, 3.05) is 26.9 Å². The van der Waals surface area contributed by atoms with Crippen LogP contribution in [-0.4, -0.2) is 52.1 Å². The van der Waals surface area contributed by atoms with Crippen LogP contribution in [0, 0.1) is 5.21 Å². The van der Waals surface area contributed by atoms with Gasteiger partial charge in [-0.05, 0) is 37.1 Å². The summed E-state index contributed by atoms with van der Waals surface area (Å²) in [5.74, 6) is 1.43. The highest BCUT2D eigenvalue weighted by molar-refractivity contribution is 5.60. The second-order valence-corrected chi connectivity index (χ2v) is 7.28. The molecule has 164 valence electrons. The van der Waals surface area contributed by atoms with Crippen LogP contribution in [0.4, 0.5) is 5.69 Å². The molecular formula is C21H25N5O5. The van der Waals surface area contributed by atoms with Crippen LogP contribution in [-0.2, 0) is 11.3 Å². The number of nitrogens with one attached hydrogen (secondary N) is 1. The first-order valence-electron chi connectivity index (χ1n) is 10.1. The molecule has 0 bridgehead atoms. The molecule has 0 radical (unpaired) electrons. The van der Waals surface area contributed by atoms with Crippen LogP contribution in [0.2, 0.25) is 0 Å². The lowest BCUT2D eigenvalue weighted by Crippen LogP contribution is -2.99. The summed E-state index contributed by atoms with van der Waals surface area (Å²) in [5.41, 5.74) is 1.99. The Hall–Kier alpha value is -2.89. The molecule has 1 aromatic carbocycles. The van der Waals surface area contributed by atoms with Crippen molar-refractivity contribution < 1.29 is 24.4 Å². The highest BCUT2D eigenvalue weighted by atomic mass is 16.8. The first kappa shape index (κ1) is 21.3. The van der Waals surface area contributed by atoms with E-state index in [1.165, 1.54) is 0 Å². The summed E-state index contributed by atoms with van der Waals surface area (Å²) in [6, 6.07) is 10.6. The van der Waals surface area contributed by atoms with E-state index in [4.69, 9.17) is 19.2 Å². The zero-order chi connectivity index (χ0) is 21.6. The average molecular weight is 427 g/mol. The van der Waals surface area contributed by atoms with E-state index in [1.54, 1.807) is 31.5 Å². The van der Waals surface area contributed by atoms with Gasteiger partial charge in [0.15, 0.2) is 5.69 Å². The maximum absolute atomic E-state index is 11.1. The second-order valence-electron chi connectivity index (χ2n) is 7.28. The van der Waals surface area contributed by atoms with E-state index < -0.39 is 5.23 Å². The molecule has 0 spiro atoms. The van der Waals surface area contributed by atoms with Crippen molar-refractivity contribution in [3.63, 3.8) is 0 Å². The normalized spacial score (nSPS) is 17.7. The summed E-state index contributed by atoms with van der Waals surface area (Å²) < 4.78 is 16.3. The number of benzene rings is 1. The highest BCUT2D eigenvalue weighted by Gasteiger charge is 2.31. The topological polar surface area (TPSA) is 121 Å². The molecule has 4 rings (SSSR count). The second kappa shape index (κ2) is 9.94. The summed E-state index contributed by atoms with van der Waals surface area (Å²) in [5, 5.41) is 23.4. The third kappa shape index (κ3) is 5.06. The van der Waals surface area contributed by atoms with Gasteiger partial charge < -0.3 is 19.2 Å². The molecule has 10 nitrogen and oxygen atoms in total. The van der Waals surface area contributed by atoms with Gasteiger partial charge in [0.1, 0.15) is 6.61 Å². The Labute approximate surface area is 179 Å². The number of nitrogens with zero attached hydrogens (tertiary/aromatic N) is 4. The maximum Gasteiger partial charge on any atom is 0.244 e. The van der Waals surface area contributed by atoms with Crippen molar-refractivity contribution in [1.29, 1.82) is 0 Å². The Kier molecular flexibility index (Phi) is 6.85. The Morgan fingerprint density at radius 1 is 1.26 bits per heavy atom. The van der Waals surface area contributed by atoms with E-state index in [2.05, 4.69) is 20.0 Å². The van der Waals surface area contributed by atoms with Crippen LogP contribution < -0.4 is 9.96 Å². The number of likely N-dealkylation sites (tertiary alicyclic amines) is 1. The van der Waals surface area contributed by atoms with Crippen molar-refractivity contribution in [3.8, 4) is 17.3 Å². The third-order valence-electron chi connectivity index (χ3n) is 5.22. The van der Waals surface area contributed by atoms with Gasteiger partial charge in [0.25, 0.3) is 0 Å². The summed E-state index contributed by atoms with van der Waals surface area (Å²) in [6.45, 7) is 2.42. The molecule has 31 heavy (non-hydrogen) atoms. The van der Waals surface area contributed by atoms with E-state index in [0.717, 1.165) is 24.9 Å². The molecule has 3 aromatic rings. The van der Waals surface area contributed by atoms with Crippen LogP contribution in [0.25, 0.3) is 11.4 Å². The highest BCUT2D eigenvalue weighted by Crippen LogP contribution is 2.34. The van der Waals surface area contributed by atoms with E-state index >= 15 is 0 Å². The molecule has 0 amide bonds. The minimum atomic E-state index is -0.926. The molecule has 10 heteroatoms. The van der Waals surface area contributed by atoms with E-state index in [9.17, 15) is 5.21 Å². The fourth-order valence-electron chi connectivity index (χ4n) is 3.66. The van der Waals surface area contributed by atoms with Crippen LogP contribution in [0.3, 0.4) is 0 Å². The molecule has 0 saturated carbocycles. The molecule has 1 unspecified atom stereocenters. The van der Waals surface area contributed by atoms with Gasteiger partial charge in [0, 0.05) is 32.0 Å². The van der Waals surface area contributed by atoms with Gasteiger partial charge in [-0.2, -0.15) is 10.2 Å². The van der Waals surface area contributed by atoms with Crippen molar-refractivity contribution in [2.45, 2.75) is 25.4 Å². The lowest BCUT2D eigenvalue weighted by atomic mass is 10.1. The molecule has 1 fully saturated rings. The minimum absolute atomic E-state index is 0.00920. The minimum Gasteiger partial charge on any atom is -0.595 e. The van der Waals surface area contributed by atoms with Crippen LogP contribution in [0.5, 0.6) is 5.88 Å². The monoisotopic (exact) mass is 427 g/mol. The van der Waals surface area contributed by atoms with Crippen molar-refractivity contribution >= 4 is 5.69 Å². The van der Waals surface area contributed by atoms with E-state index in [0.29, 0.717) is 42.9 Å². The Bertz CT molecular complexity index is 978. The average Bonchev–Trinajstić information content (AvgIpc) is 3.44. The lowest BCUT2D eigenvalue weighted by Gasteiger charge is -2.21. The van der Waals surface area contributed by atoms with Crippen LogP contribution in [0.1, 0.15) is 30.3 Å². The predicted molar refractivity (Wildman–Crippen MR) is 110 cm³/mol. The van der Waals surface area contributed by atoms with Gasteiger partial charge in [0.2, 0.25) is 17.6 Å². The number of ether oxygens (including phenoxy) is 2. The zero-order valence-corrected chi connectivity index (χ0v) is 17.2. The third-order valence-corrected chi connectivity index (χ3v) is 5.22. The maximum atomic E-state index is 11.1. The summed E-state index contributed by atoms with van der Waals surface area (Å²) in [4.78, 5) is 11.2. The summed E-state index contributed by atoms with van der Waals surface area (Å²) in [7, 11) is 1.61. The van der Waals surface area contributed by atoms with Crippen LogP contribution >= 0.6 is 0 Å². The molecule has 2 atom stereocenters. The van der Waals surface area contributed by atoms with E-state index in [1.807, 2.05) is 18.2 Å². The fraction of sp³-hybridized carbons (Fsp3) is 0.381. The first-order chi connectivity index (χ1) is 15.2. The molecule has 1 saturated heterocycles. The largest absolute Gasteiger partial charge is 0.595 e.